The van der Waals surface area contributed by atoms with Crippen molar-refractivity contribution in [1.82, 2.24) is 20.4 Å². The summed E-state index contributed by atoms with van der Waals surface area (Å²) in [4.78, 5) is 0. The van der Waals surface area contributed by atoms with Gasteiger partial charge in [-0.3, -0.25) is 0 Å². The van der Waals surface area contributed by atoms with Crippen molar-refractivity contribution in [1.29, 1.82) is 0 Å². The molecule has 1 aliphatic carbocycles. The molecule has 112 valence electrons. The summed E-state index contributed by atoms with van der Waals surface area (Å²) in [6.45, 7) is 0. The molecule has 2 aromatic heterocycles. The highest BCUT2D eigenvalue weighted by atomic mass is 35.5. The maximum atomic E-state index is 5.94. The van der Waals surface area contributed by atoms with Gasteiger partial charge in [0.2, 0.25) is 0 Å². The second-order valence-electron chi connectivity index (χ2n) is 4.57. The molecule has 0 amide bonds. The third-order valence-corrected chi connectivity index (χ3v) is 4.02. The van der Waals surface area contributed by atoms with E-state index in [4.69, 9.17) is 46.4 Å². The van der Waals surface area contributed by atoms with Gasteiger partial charge in [-0.05, 0) is 42.5 Å². The first-order valence-corrected chi connectivity index (χ1v) is 7.91. The smallest absolute Gasteiger partial charge is 0.137 e. The quantitative estimate of drug-likeness (QED) is 0.694. The molecule has 4 nitrogen and oxygen atoms in total. The summed E-state index contributed by atoms with van der Waals surface area (Å²) in [6, 6.07) is 5.00. The monoisotopic (exact) mass is 364 g/mol. The molecule has 0 aromatic carbocycles. The van der Waals surface area contributed by atoms with Crippen molar-refractivity contribution in [3.63, 3.8) is 0 Å². The average molecular weight is 366 g/mol. The van der Waals surface area contributed by atoms with Crippen LogP contribution >= 0.6 is 46.4 Å². The van der Waals surface area contributed by atoms with Gasteiger partial charge in [-0.2, -0.15) is 0 Å². The van der Waals surface area contributed by atoms with E-state index in [1.165, 1.54) is 25.7 Å². The van der Waals surface area contributed by atoms with Crippen molar-refractivity contribution < 1.29 is 0 Å². The lowest BCUT2D eigenvalue weighted by Crippen LogP contribution is -1.97. The van der Waals surface area contributed by atoms with Crippen molar-refractivity contribution in [2.75, 3.05) is 0 Å². The Hall–Kier alpha value is -0.680. The van der Waals surface area contributed by atoms with E-state index in [1.807, 2.05) is 6.07 Å². The number of hydrogen-bond acceptors (Lipinski definition) is 4. The molecular weight excluding hydrogens is 354 g/mol. The summed E-state index contributed by atoms with van der Waals surface area (Å²) in [5, 5.41) is 16.1. The maximum Gasteiger partial charge on any atom is 0.155 e. The van der Waals surface area contributed by atoms with E-state index in [1.54, 1.807) is 12.1 Å². The van der Waals surface area contributed by atoms with E-state index < -0.39 is 0 Å². The number of rotatable bonds is 1. The number of aromatic nitrogens is 4. The van der Waals surface area contributed by atoms with Gasteiger partial charge in [-0.1, -0.05) is 59.2 Å². The number of nitrogens with zero attached hydrogens (tertiary/aromatic N) is 4. The van der Waals surface area contributed by atoms with Crippen LogP contribution in [0.1, 0.15) is 37.2 Å². The molecule has 21 heavy (non-hydrogen) atoms. The van der Waals surface area contributed by atoms with Crippen molar-refractivity contribution >= 4 is 46.4 Å². The summed E-state index contributed by atoms with van der Waals surface area (Å²) in [5.41, 5.74) is 1.07. The van der Waals surface area contributed by atoms with Crippen LogP contribution in [-0.2, 0) is 0 Å². The van der Waals surface area contributed by atoms with Gasteiger partial charge in [0.05, 0.1) is 0 Å². The molecule has 0 bridgehead atoms. The second-order valence-corrected chi connectivity index (χ2v) is 6.09. The first-order valence-electron chi connectivity index (χ1n) is 6.39. The molecule has 0 atom stereocenters. The lowest BCUT2D eigenvalue weighted by atomic mass is 10.0. The van der Waals surface area contributed by atoms with Crippen molar-refractivity contribution in [3.8, 4) is 0 Å². The Morgan fingerprint density at radius 2 is 1.29 bits per heavy atom. The van der Waals surface area contributed by atoms with E-state index in [2.05, 4.69) is 20.4 Å². The predicted octanol–water partition coefficient (Wildman–Crippen LogP) is 5.22. The Bertz CT molecular complexity index is 564. The van der Waals surface area contributed by atoms with Crippen LogP contribution in [0.4, 0.5) is 0 Å². The zero-order valence-electron chi connectivity index (χ0n) is 10.9. The van der Waals surface area contributed by atoms with Gasteiger partial charge < -0.3 is 0 Å². The van der Waals surface area contributed by atoms with E-state index in [9.17, 15) is 0 Å². The highest BCUT2D eigenvalue weighted by Gasteiger charge is 2.20. The zero-order valence-corrected chi connectivity index (χ0v) is 14.0. The third kappa shape index (κ3) is 5.22. The number of hydrogen-bond donors (Lipinski definition) is 0. The number of halogens is 4. The molecule has 0 radical (unpaired) electrons. The van der Waals surface area contributed by atoms with Gasteiger partial charge in [0, 0.05) is 0 Å². The van der Waals surface area contributed by atoms with Gasteiger partial charge in [0.25, 0.3) is 0 Å². The molecule has 0 unspecified atom stereocenters. The molecule has 8 heteroatoms. The van der Waals surface area contributed by atoms with Gasteiger partial charge in [-0.25, -0.2) is 0 Å². The molecule has 1 fully saturated rings. The molecule has 2 heterocycles. The highest BCUT2D eigenvalue weighted by molar-refractivity contribution is 6.32. The van der Waals surface area contributed by atoms with Crippen LogP contribution in [0.15, 0.2) is 18.2 Å². The van der Waals surface area contributed by atoms with Crippen LogP contribution in [0.25, 0.3) is 0 Å². The van der Waals surface area contributed by atoms with E-state index in [0.717, 1.165) is 5.56 Å². The van der Waals surface area contributed by atoms with Crippen molar-refractivity contribution in [3.05, 3.63) is 44.4 Å². The molecule has 1 aliphatic rings. The summed E-state index contributed by atoms with van der Waals surface area (Å²) in [7, 11) is 0. The molecule has 0 saturated heterocycles. The molecule has 0 N–H and O–H groups in total. The first kappa shape index (κ1) is 16.7. The fourth-order valence-corrected chi connectivity index (χ4v) is 2.79. The predicted molar refractivity (Wildman–Crippen MR) is 85.3 cm³/mol. The van der Waals surface area contributed by atoms with Crippen molar-refractivity contribution in [2.24, 2.45) is 0 Å². The van der Waals surface area contributed by atoms with E-state index >= 15 is 0 Å². The Morgan fingerprint density at radius 3 is 1.81 bits per heavy atom. The second kappa shape index (κ2) is 8.08. The summed E-state index contributed by atoms with van der Waals surface area (Å²) in [6.07, 6.45) is 4.95. The first-order chi connectivity index (χ1) is 10.1. The van der Waals surface area contributed by atoms with Crippen LogP contribution in [-0.4, -0.2) is 20.4 Å². The molecule has 2 aromatic rings. The van der Waals surface area contributed by atoms with Crippen LogP contribution in [0.3, 0.4) is 0 Å². The van der Waals surface area contributed by atoms with Gasteiger partial charge in [-0.15, -0.1) is 20.4 Å². The molecule has 0 aliphatic heterocycles. The Labute approximate surface area is 142 Å². The van der Waals surface area contributed by atoms with E-state index in [-0.39, 0.29) is 0 Å². The van der Waals surface area contributed by atoms with Crippen molar-refractivity contribution in [2.45, 2.75) is 31.6 Å². The molecular formula is C13H12Cl4N4. The molecule has 1 saturated carbocycles. The third-order valence-electron chi connectivity index (χ3n) is 3.14. The normalized spacial score (nSPS) is 14.7. The SMILES string of the molecule is Clc1cc(C2CCCC2)c(Cl)nn1.Clc1ccc(Cl)nn1. The van der Waals surface area contributed by atoms with E-state index in [0.29, 0.717) is 26.5 Å². The van der Waals surface area contributed by atoms with Crippen LogP contribution in [0.2, 0.25) is 20.6 Å². The van der Waals surface area contributed by atoms with Gasteiger partial charge in [0.1, 0.15) is 0 Å². The minimum atomic E-state index is 0.356. The topological polar surface area (TPSA) is 51.6 Å². The minimum Gasteiger partial charge on any atom is -0.137 e. The minimum absolute atomic E-state index is 0.356. The lowest BCUT2D eigenvalue weighted by molar-refractivity contribution is 0.714. The Morgan fingerprint density at radius 1 is 0.762 bits per heavy atom. The molecule has 0 spiro atoms. The Balaban J connectivity index is 0.000000173. The van der Waals surface area contributed by atoms with Gasteiger partial charge >= 0.3 is 0 Å². The van der Waals surface area contributed by atoms with Crippen LogP contribution in [0, 0.1) is 0 Å². The van der Waals surface area contributed by atoms with Crippen LogP contribution in [0.5, 0.6) is 0 Å². The molecule has 3 rings (SSSR count). The average Bonchev–Trinajstić information content (AvgIpc) is 2.99. The summed E-state index contributed by atoms with van der Waals surface area (Å²) in [5.74, 6) is 0.542. The highest BCUT2D eigenvalue weighted by Crippen LogP contribution is 2.37. The Kier molecular flexibility index (Phi) is 6.42. The standard InChI is InChI=1S/C9H10Cl2N2.C4H2Cl2N2/c10-8-5-7(9(11)13-12-8)6-3-1-2-4-6;5-3-1-2-4(6)8-7-3/h5-6H,1-4H2;1-2H. The van der Waals surface area contributed by atoms with Gasteiger partial charge in [0.15, 0.2) is 20.6 Å². The van der Waals surface area contributed by atoms with Crippen LogP contribution < -0.4 is 0 Å². The largest absolute Gasteiger partial charge is 0.155 e. The fourth-order valence-electron chi connectivity index (χ4n) is 2.19. The lowest BCUT2D eigenvalue weighted by Gasteiger charge is -2.09. The maximum absolute atomic E-state index is 5.94. The zero-order chi connectivity index (χ0) is 15.2. The fraction of sp³-hybridized carbons (Fsp3) is 0.385. The summed E-state index contributed by atoms with van der Waals surface area (Å²) >= 11 is 22.5. The summed E-state index contributed by atoms with van der Waals surface area (Å²) < 4.78 is 0.